The molecule has 9 nitrogen and oxygen atoms in total. The van der Waals surface area contributed by atoms with E-state index in [0.717, 1.165) is 10.4 Å². The summed E-state index contributed by atoms with van der Waals surface area (Å²) < 4.78 is 27.9. The highest BCUT2D eigenvalue weighted by Gasteiger charge is 2.25. The van der Waals surface area contributed by atoms with Crippen molar-refractivity contribution in [3.63, 3.8) is 0 Å². The average molecular weight is 468 g/mol. The Balaban J connectivity index is 1.68. The molecule has 168 valence electrons. The van der Waals surface area contributed by atoms with E-state index in [9.17, 15) is 18.0 Å². The molecule has 0 bridgehead atoms. The lowest BCUT2D eigenvalue weighted by molar-refractivity contribution is -0.132. The van der Waals surface area contributed by atoms with Crippen molar-refractivity contribution in [1.82, 2.24) is 18.8 Å². The monoisotopic (exact) mass is 467 g/mol. The van der Waals surface area contributed by atoms with E-state index in [1.807, 2.05) is 6.07 Å². The Morgan fingerprint density at radius 3 is 2.35 bits per heavy atom. The van der Waals surface area contributed by atoms with Crippen LogP contribution >= 0.6 is 11.6 Å². The minimum Gasteiger partial charge on any atom is -0.353 e. The van der Waals surface area contributed by atoms with E-state index in [1.165, 1.54) is 22.6 Å². The van der Waals surface area contributed by atoms with Crippen LogP contribution in [0.3, 0.4) is 0 Å². The van der Waals surface area contributed by atoms with Crippen LogP contribution in [0.5, 0.6) is 0 Å². The van der Waals surface area contributed by atoms with Crippen molar-refractivity contribution in [3.05, 3.63) is 52.0 Å². The summed E-state index contributed by atoms with van der Waals surface area (Å²) in [7, 11) is -3.72. The van der Waals surface area contributed by atoms with Crippen LogP contribution in [0.4, 0.5) is 5.82 Å². The highest BCUT2D eigenvalue weighted by molar-refractivity contribution is 7.89. The second-order valence-corrected chi connectivity index (χ2v) is 9.50. The fraction of sp³-hybridized carbons (Fsp3) is 0.450. The van der Waals surface area contributed by atoms with Gasteiger partial charge in [-0.15, -0.1) is 0 Å². The highest BCUT2D eigenvalue weighted by atomic mass is 35.5. The molecule has 11 heteroatoms. The quantitative estimate of drug-likeness (QED) is 0.608. The van der Waals surface area contributed by atoms with Gasteiger partial charge in [-0.1, -0.05) is 25.4 Å². The van der Waals surface area contributed by atoms with Crippen LogP contribution in [0.15, 0.2) is 46.3 Å². The van der Waals surface area contributed by atoms with Crippen molar-refractivity contribution >= 4 is 33.3 Å². The van der Waals surface area contributed by atoms with Gasteiger partial charge < -0.3 is 14.4 Å². The molecule has 0 aromatic carbocycles. The fourth-order valence-corrected chi connectivity index (χ4v) is 5.07. The van der Waals surface area contributed by atoms with E-state index in [-0.39, 0.29) is 17.3 Å². The van der Waals surface area contributed by atoms with Crippen molar-refractivity contribution in [1.29, 1.82) is 0 Å². The SMILES string of the molecule is CCN(CC)S(=O)(=O)c1ccc(=O)n(CC(=O)N2CCN(c3ccc(Cl)cn3)CC2)c1. The molecule has 0 N–H and O–H groups in total. The fourth-order valence-electron chi connectivity index (χ4n) is 3.48. The van der Waals surface area contributed by atoms with Crippen molar-refractivity contribution in [3.8, 4) is 0 Å². The van der Waals surface area contributed by atoms with Crippen molar-refractivity contribution < 1.29 is 13.2 Å². The number of hydrogen-bond donors (Lipinski definition) is 0. The normalized spacial score (nSPS) is 14.8. The lowest BCUT2D eigenvalue weighted by Gasteiger charge is -2.35. The van der Waals surface area contributed by atoms with Gasteiger partial charge in [0.15, 0.2) is 0 Å². The zero-order chi connectivity index (χ0) is 22.6. The Hall–Kier alpha value is -2.43. The van der Waals surface area contributed by atoms with Gasteiger partial charge in [-0.25, -0.2) is 13.4 Å². The van der Waals surface area contributed by atoms with Crippen LogP contribution in [0.2, 0.25) is 5.02 Å². The molecule has 3 heterocycles. The predicted octanol–water partition coefficient (Wildman–Crippen LogP) is 1.28. The molecule has 2 aromatic heterocycles. The van der Waals surface area contributed by atoms with Gasteiger partial charge in [-0.3, -0.25) is 9.59 Å². The van der Waals surface area contributed by atoms with E-state index in [4.69, 9.17) is 11.6 Å². The zero-order valence-corrected chi connectivity index (χ0v) is 19.1. The van der Waals surface area contributed by atoms with E-state index in [2.05, 4.69) is 9.88 Å². The number of rotatable bonds is 7. The first-order valence-corrected chi connectivity index (χ1v) is 11.9. The average Bonchev–Trinajstić information content (AvgIpc) is 2.76. The third-order valence-electron chi connectivity index (χ3n) is 5.27. The number of hydrogen-bond acceptors (Lipinski definition) is 6. The summed E-state index contributed by atoms with van der Waals surface area (Å²) >= 11 is 5.88. The summed E-state index contributed by atoms with van der Waals surface area (Å²) in [5.74, 6) is 0.560. The van der Waals surface area contributed by atoms with E-state index >= 15 is 0 Å². The molecule has 0 spiro atoms. The number of carbonyl (C=O) groups is 1. The molecule has 1 aliphatic heterocycles. The van der Waals surface area contributed by atoms with Crippen molar-refractivity contribution in [2.45, 2.75) is 25.3 Å². The first kappa shape index (κ1) is 23.2. The maximum Gasteiger partial charge on any atom is 0.251 e. The Bertz CT molecular complexity index is 1080. The molecule has 3 rings (SSSR count). The van der Waals surface area contributed by atoms with Crippen LogP contribution in [0.25, 0.3) is 0 Å². The van der Waals surface area contributed by atoms with Crippen LogP contribution in [0, 0.1) is 0 Å². The number of pyridine rings is 2. The van der Waals surface area contributed by atoms with E-state index < -0.39 is 15.6 Å². The molecule has 31 heavy (non-hydrogen) atoms. The molecule has 1 amide bonds. The molecule has 0 aliphatic carbocycles. The summed E-state index contributed by atoms with van der Waals surface area (Å²) in [6, 6.07) is 6.08. The number of sulfonamides is 1. The molecule has 0 unspecified atom stereocenters. The number of nitrogens with zero attached hydrogens (tertiary/aromatic N) is 5. The number of aromatic nitrogens is 2. The van der Waals surface area contributed by atoms with Gasteiger partial charge in [0.2, 0.25) is 15.9 Å². The third kappa shape index (κ3) is 5.25. The summed E-state index contributed by atoms with van der Waals surface area (Å²) in [6.07, 6.45) is 2.84. The molecule has 1 fully saturated rings. The number of carbonyl (C=O) groups excluding carboxylic acids is 1. The largest absolute Gasteiger partial charge is 0.353 e. The van der Waals surface area contributed by atoms with Crippen LogP contribution in [-0.4, -0.2) is 72.3 Å². The third-order valence-corrected chi connectivity index (χ3v) is 7.53. The molecule has 1 saturated heterocycles. The molecule has 1 aliphatic rings. The molecule has 0 saturated carbocycles. The maximum atomic E-state index is 12.8. The second-order valence-electron chi connectivity index (χ2n) is 7.12. The molecular weight excluding hydrogens is 442 g/mol. The first-order valence-electron chi connectivity index (χ1n) is 10.1. The minimum absolute atomic E-state index is 0.00207. The van der Waals surface area contributed by atoms with Crippen LogP contribution in [0.1, 0.15) is 13.8 Å². The highest BCUT2D eigenvalue weighted by Crippen LogP contribution is 2.17. The summed E-state index contributed by atoms with van der Waals surface area (Å²) in [4.78, 5) is 33.0. The molecule has 0 radical (unpaired) electrons. The van der Waals surface area contributed by atoms with Crippen molar-refractivity contribution in [2.75, 3.05) is 44.2 Å². The minimum atomic E-state index is -3.72. The molecule has 0 atom stereocenters. The Morgan fingerprint density at radius 1 is 1.10 bits per heavy atom. The van der Waals surface area contributed by atoms with Crippen LogP contribution < -0.4 is 10.5 Å². The van der Waals surface area contributed by atoms with E-state index in [0.29, 0.717) is 44.3 Å². The van der Waals surface area contributed by atoms with Crippen LogP contribution in [-0.2, 0) is 21.4 Å². The predicted molar refractivity (Wildman–Crippen MR) is 119 cm³/mol. The summed E-state index contributed by atoms with van der Waals surface area (Å²) in [5, 5.41) is 0.563. The van der Waals surface area contributed by atoms with E-state index in [1.54, 1.807) is 31.0 Å². The van der Waals surface area contributed by atoms with Crippen molar-refractivity contribution in [2.24, 2.45) is 0 Å². The lowest BCUT2D eigenvalue weighted by Crippen LogP contribution is -2.50. The standard InChI is InChI=1S/C20H26ClN5O4S/c1-3-26(4-2)31(29,30)17-6-8-19(27)25(14-17)15-20(28)24-11-9-23(10-12-24)18-7-5-16(21)13-22-18/h5-8,13-14H,3-4,9-12,15H2,1-2H3. The first-order chi connectivity index (χ1) is 14.8. The van der Waals surface area contributed by atoms with Gasteiger partial charge in [0.25, 0.3) is 5.56 Å². The summed E-state index contributed by atoms with van der Waals surface area (Å²) in [6.45, 7) is 6.11. The number of anilines is 1. The Morgan fingerprint density at radius 2 is 1.77 bits per heavy atom. The Kier molecular flexibility index (Phi) is 7.34. The number of halogens is 1. The smallest absolute Gasteiger partial charge is 0.251 e. The van der Waals surface area contributed by atoms with Gasteiger partial charge in [-0.2, -0.15) is 4.31 Å². The Labute approximate surface area is 186 Å². The van der Waals surface area contributed by atoms with Gasteiger partial charge in [0, 0.05) is 57.7 Å². The zero-order valence-electron chi connectivity index (χ0n) is 17.6. The topological polar surface area (TPSA) is 95.8 Å². The molecule has 2 aromatic rings. The molecular formula is C20H26ClN5O4S. The van der Waals surface area contributed by atoms with Gasteiger partial charge in [-0.05, 0) is 18.2 Å². The lowest BCUT2D eigenvalue weighted by atomic mass is 10.3. The van der Waals surface area contributed by atoms with Gasteiger partial charge in [0.1, 0.15) is 12.4 Å². The maximum absolute atomic E-state index is 12.8. The number of amides is 1. The van der Waals surface area contributed by atoms with Gasteiger partial charge >= 0.3 is 0 Å². The number of piperazine rings is 1. The van der Waals surface area contributed by atoms with Gasteiger partial charge in [0.05, 0.1) is 9.92 Å². The second kappa shape index (κ2) is 9.80. The summed E-state index contributed by atoms with van der Waals surface area (Å²) in [5.41, 5.74) is -0.421.